The third-order valence-electron chi connectivity index (χ3n) is 3.32. The highest BCUT2D eigenvalue weighted by Crippen LogP contribution is 2.63. The van der Waals surface area contributed by atoms with Crippen molar-refractivity contribution in [1.29, 1.82) is 0 Å². The van der Waals surface area contributed by atoms with Crippen molar-refractivity contribution in [2.75, 3.05) is 0 Å². The lowest BCUT2D eigenvalue weighted by Crippen LogP contribution is -2.55. The average Bonchev–Trinajstić information content (AvgIpc) is 2.57. The zero-order valence-electron chi connectivity index (χ0n) is 7.74. The summed E-state index contributed by atoms with van der Waals surface area (Å²) in [6.07, 6.45) is -9.14. The zero-order valence-corrected chi connectivity index (χ0v) is 7.74. The van der Waals surface area contributed by atoms with Gasteiger partial charge in [0, 0.05) is 5.92 Å². The number of fused-ring (bicyclic) bond motifs is 2. The van der Waals surface area contributed by atoms with E-state index in [9.17, 15) is 30.7 Å². The van der Waals surface area contributed by atoms with Gasteiger partial charge in [0.2, 0.25) is 5.67 Å². The number of halogens is 7. The number of hydrogen-bond donors (Lipinski definition) is 0. The molecule has 0 radical (unpaired) electrons. The molecule has 0 nitrogen and oxygen atoms in total. The second-order valence-electron chi connectivity index (χ2n) is 4.18. The van der Waals surface area contributed by atoms with Crippen LogP contribution in [0.4, 0.5) is 30.7 Å². The summed E-state index contributed by atoms with van der Waals surface area (Å²) in [6.45, 7) is 0. The van der Waals surface area contributed by atoms with Crippen molar-refractivity contribution in [2.24, 2.45) is 17.8 Å². The van der Waals surface area contributed by atoms with Gasteiger partial charge in [-0.2, -0.15) is 26.3 Å². The Balaban J connectivity index is 2.48. The topological polar surface area (TPSA) is 0 Å². The molecule has 0 heterocycles. The Morgan fingerprint density at radius 1 is 1.00 bits per heavy atom. The van der Waals surface area contributed by atoms with Gasteiger partial charge in [0.15, 0.2) is 0 Å². The Morgan fingerprint density at radius 2 is 1.56 bits per heavy atom. The van der Waals surface area contributed by atoms with E-state index in [2.05, 4.69) is 0 Å². The van der Waals surface area contributed by atoms with Crippen LogP contribution in [-0.2, 0) is 0 Å². The van der Waals surface area contributed by atoms with Crippen LogP contribution in [0.3, 0.4) is 0 Å². The molecule has 0 aromatic heterocycles. The van der Waals surface area contributed by atoms with Crippen LogP contribution in [-0.4, -0.2) is 18.0 Å². The molecule has 0 aliphatic heterocycles. The molecule has 1 saturated carbocycles. The SMILES string of the molecule is FC(F)(F)[C@@H]1[C@H]2C=C[C@H](C2)[C@@]1(F)C(F)(F)F. The van der Waals surface area contributed by atoms with Crippen molar-refractivity contribution in [3.05, 3.63) is 12.2 Å². The first-order valence-corrected chi connectivity index (χ1v) is 4.59. The van der Waals surface area contributed by atoms with Gasteiger partial charge in [-0.05, 0) is 12.3 Å². The first-order chi connectivity index (χ1) is 7.08. The fraction of sp³-hybridized carbons (Fsp3) is 0.778. The van der Waals surface area contributed by atoms with E-state index in [1.807, 2.05) is 0 Å². The Kier molecular flexibility index (Phi) is 2.14. The minimum Gasteiger partial charge on any atom is -0.232 e. The maximum Gasteiger partial charge on any atom is 0.423 e. The quantitative estimate of drug-likeness (QED) is 0.453. The van der Waals surface area contributed by atoms with Crippen LogP contribution in [0.25, 0.3) is 0 Å². The Bertz CT molecular complexity index is 326. The number of rotatable bonds is 0. The highest BCUT2D eigenvalue weighted by Gasteiger charge is 2.76. The first kappa shape index (κ1) is 11.7. The van der Waals surface area contributed by atoms with Gasteiger partial charge in [0.25, 0.3) is 0 Å². The highest BCUT2D eigenvalue weighted by molar-refractivity contribution is 5.24. The highest BCUT2D eigenvalue weighted by atomic mass is 19.4. The third kappa shape index (κ3) is 1.29. The molecule has 0 amide bonds. The average molecular weight is 248 g/mol. The van der Waals surface area contributed by atoms with Crippen LogP contribution >= 0.6 is 0 Å². The molecule has 7 heteroatoms. The van der Waals surface area contributed by atoms with E-state index in [4.69, 9.17) is 0 Å². The Labute approximate surface area is 86.1 Å². The molecular formula is C9H7F7. The normalized spacial score (nSPS) is 43.1. The lowest BCUT2D eigenvalue weighted by atomic mass is 9.79. The van der Waals surface area contributed by atoms with Crippen molar-refractivity contribution in [3.8, 4) is 0 Å². The number of hydrogen-bond acceptors (Lipinski definition) is 0. The number of alkyl halides is 7. The minimum atomic E-state index is -5.49. The van der Waals surface area contributed by atoms with Gasteiger partial charge in [-0.3, -0.25) is 0 Å². The molecule has 4 atom stereocenters. The van der Waals surface area contributed by atoms with Gasteiger partial charge in [-0.15, -0.1) is 0 Å². The summed E-state index contributed by atoms with van der Waals surface area (Å²) in [7, 11) is 0. The van der Waals surface area contributed by atoms with Crippen molar-refractivity contribution in [3.63, 3.8) is 0 Å². The largest absolute Gasteiger partial charge is 0.423 e. The molecule has 0 N–H and O–H groups in total. The van der Waals surface area contributed by atoms with Crippen LogP contribution in [0.15, 0.2) is 12.2 Å². The summed E-state index contributed by atoms with van der Waals surface area (Å²) in [6, 6.07) is 0. The molecule has 0 saturated heterocycles. The molecular weight excluding hydrogens is 241 g/mol. The van der Waals surface area contributed by atoms with Gasteiger partial charge in [0.05, 0.1) is 0 Å². The van der Waals surface area contributed by atoms with Gasteiger partial charge < -0.3 is 0 Å². The van der Waals surface area contributed by atoms with Crippen molar-refractivity contribution in [2.45, 2.75) is 24.4 Å². The van der Waals surface area contributed by atoms with Crippen molar-refractivity contribution < 1.29 is 30.7 Å². The fourth-order valence-electron chi connectivity index (χ4n) is 2.70. The lowest BCUT2D eigenvalue weighted by Gasteiger charge is -2.37. The zero-order chi connectivity index (χ0) is 12.4. The van der Waals surface area contributed by atoms with E-state index >= 15 is 0 Å². The van der Waals surface area contributed by atoms with E-state index < -0.39 is 42.2 Å². The molecule has 0 aromatic carbocycles. The molecule has 0 unspecified atom stereocenters. The molecule has 92 valence electrons. The third-order valence-corrected chi connectivity index (χ3v) is 3.32. The van der Waals surface area contributed by atoms with Crippen LogP contribution in [0.1, 0.15) is 6.42 Å². The predicted molar refractivity (Wildman–Crippen MR) is 40.2 cm³/mol. The second kappa shape index (κ2) is 2.92. The molecule has 16 heavy (non-hydrogen) atoms. The van der Waals surface area contributed by atoms with Crippen LogP contribution < -0.4 is 0 Å². The number of allylic oxidation sites excluding steroid dienone is 2. The summed E-state index contributed by atoms with van der Waals surface area (Å²) < 4.78 is 88.6. The predicted octanol–water partition coefficient (Wildman–Crippen LogP) is 3.64. The summed E-state index contributed by atoms with van der Waals surface area (Å²) in [4.78, 5) is 0. The monoisotopic (exact) mass is 248 g/mol. The standard InChI is InChI=1S/C9H7F7/c10-7(9(14,15)16)5-2-1-4(3-5)6(7)8(11,12)13/h1-2,4-6H,3H2/t4-,5+,6+,7-/m0/s1. The summed E-state index contributed by atoms with van der Waals surface area (Å²) in [5, 5.41) is 0. The van der Waals surface area contributed by atoms with E-state index in [1.165, 1.54) is 0 Å². The maximum atomic E-state index is 13.8. The van der Waals surface area contributed by atoms with Gasteiger partial charge in [-0.25, -0.2) is 4.39 Å². The summed E-state index contributed by atoms with van der Waals surface area (Å²) >= 11 is 0. The molecule has 2 rings (SSSR count). The Hall–Kier alpha value is -0.750. The second-order valence-corrected chi connectivity index (χ2v) is 4.18. The van der Waals surface area contributed by atoms with Crippen LogP contribution in [0, 0.1) is 17.8 Å². The summed E-state index contributed by atoms with van der Waals surface area (Å²) in [5.74, 6) is -6.06. The molecule has 0 spiro atoms. The molecule has 2 aliphatic rings. The van der Waals surface area contributed by atoms with Gasteiger partial charge >= 0.3 is 12.4 Å². The summed E-state index contributed by atoms with van der Waals surface area (Å²) in [5.41, 5.74) is -4.16. The molecule has 2 bridgehead atoms. The lowest BCUT2D eigenvalue weighted by molar-refractivity contribution is -0.303. The first-order valence-electron chi connectivity index (χ1n) is 4.59. The molecule has 0 aromatic rings. The van der Waals surface area contributed by atoms with Crippen LogP contribution in [0.5, 0.6) is 0 Å². The van der Waals surface area contributed by atoms with E-state index in [-0.39, 0.29) is 0 Å². The molecule has 1 fully saturated rings. The molecule has 2 aliphatic carbocycles. The van der Waals surface area contributed by atoms with E-state index in [1.54, 1.807) is 0 Å². The smallest absolute Gasteiger partial charge is 0.232 e. The fourth-order valence-corrected chi connectivity index (χ4v) is 2.70. The van der Waals surface area contributed by atoms with Gasteiger partial charge in [-0.1, -0.05) is 12.2 Å². The minimum absolute atomic E-state index is 0.416. The van der Waals surface area contributed by atoms with E-state index in [0.717, 1.165) is 12.2 Å². The maximum absolute atomic E-state index is 13.8. The van der Waals surface area contributed by atoms with E-state index in [0.29, 0.717) is 0 Å². The Morgan fingerprint density at radius 3 is 1.94 bits per heavy atom. The van der Waals surface area contributed by atoms with Crippen LogP contribution in [0.2, 0.25) is 0 Å². The van der Waals surface area contributed by atoms with Crippen molar-refractivity contribution in [1.82, 2.24) is 0 Å². The van der Waals surface area contributed by atoms with Crippen molar-refractivity contribution >= 4 is 0 Å². The van der Waals surface area contributed by atoms with Gasteiger partial charge in [0.1, 0.15) is 5.92 Å².